The third-order valence-corrected chi connectivity index (χ3v) is 6.41. The van der Waals surface area contributed by atoms with Crippen molar-refractivity contribution in [2.45, 2.75) is 44.3 Å². The number of aliphatic carboxylic acids is 1. The zero-order chi connectivity index (χ0) is 22.7. The molecule has 1 aromatic heterocycles. The smallest absolute Gasteiger partial charge is 0.408 e. The second kappa shape index (κ2) is 9.62. The van der Waals surface area contributed by atoms with Crippen LogP contribution in [0, 0.1) is 5.92 Å². The van der Waals surface area contributed by atoms with Gasteiger partial charge in [0.1, 0.15) is 6.54 Å². The molecule has 0 unspecified atom stereocenters. The fourth-order valence-corrected chi connectivity index (χ4v) is 4.75. The Morgan fingerprint density at radius 1 is 1.19 bits per heavy atom. The van der Waals surface area contributed by atoms with Crippen molar-refractivity contribution in [3.63, 3.8) is 0 Å². The van der Waals surface area contributed by atoms with E-state index in [0.29, 0.717) is 43.1 Å². The number of piperidine rings is 2. The number of benzene rings is 1. The number of nitrogens with zero attached hydrogens (tertiary/aromatic N) is 3. The molecule has 0 amide bonds. The number of carboxylic acid groups (broad SMARTS) is 1. The Morgan fingerprint density at radius 3 is 2.56 bits per heavy atom. The number of halogens is 3. The van der Waals surface area contributed by atoms with E-state index in [1.54, 1.807) is 6.07 Å². The Labute approximate surface area is 185 Å². The highest BCUT2D eigenvalue weighted by Crippen LogP contribution is 2.34. The summed E-state index contributed by atoms with van der Waals surface area (Å²) in [5, 5.41) is 17.5. The summed E-state index contributed by atoms with van der Waals surface area (Å²) in [5.41, 5.74) is 2.06. The zero-order valence-corrected chi connectivity index (χ0v) is 17.9. The van der Waals surface area contributed by atoms with Crippen LogP contribution in [0.1, 0.15) is 42.9 Å². The Bertz CT molecular complexity index is 972. The minimum absolute atomic E-state index is 0.0112. The Morgan fingerprint density at radius 2 is 1.91 bits per heavy atom. The summed E-state index contributed by atoms with van der Waals surface area (Å²) in [6, 6.07) is 5.63. The fourth-order valence-electron chi connectivity index (χ4n) is 4.75. The van der Waals surface area contributed by atoms with Crippen LogP contribution in [0.25, 0.3) is 17.0 Å². The lowest BCUT2D eigenvalue weighted by Gasteiger charge is -2.30. The summed E-state index contributed by atoms with van der Waals surface area (Å²) in [5.74, 6) is -0.361. The normalized spacial score (nSPS) is 19.8. The number of aromatic nitrogens is 2. The molecule has 9 heteroatoms. The molecule has 0 bridgehead atoms. The van der Waals surface area contributed by atoms with Gasteiger partial charge in [-0.25, -0.2) is 0 Å². The molecule has 1 aromatic carbocycles. The van der Waals surface area contributed by atoms with Gasteiger partial charge in [-0.05, 0) is 69.4 Å². The number of hydrogen-bond donors (Lipinski definition) is 2. The molecule has 2 N–H and O–H groups in total. The molecular weight excluding hydrogens is 421 g/mol. The van der Waals surface area contributed by atoms with Crippen molar-refractivity contribution < 1.29 is 23.1 Å². The first kappa shape index (κ1) is 22.8. The van der Waals surface area contributed by atoms with Gasteiger partial charge in [0.05, 0.1) is 17.8 Å². The quantitative estimate of drug-likeness (QED) is 0.699. The Kier molecular flexibility index (Phi) is 6.85. The lowest BCUT2D eigenvalue weighted by Crippen LogP contribution is -2.36. The number of likely N-dealkylation sites (tertiary alicyclic amines) is 1. The molecule has 32 heavy (non-hydrogen) atoms. The fraction of sp³-hybridized carbons (Fsp3) is 0.565. The van der Waals surface area contributed by atoms with Gasteiger partial charge < -0.3 is 10.4 Å². The van der Waals surface area contributed by atoms with E-state index in [1.807, 2.05) is 23.1 Å². The zero-order valence-electron chi connectivity index (χ0n) is 17.9. The number of alkyl halides is 3. The average Bonchev–Trinajstić information content (AvgIpc) is 3.09. The Hall–Kier alpha value is -2.39. The highest BCUT2D eigenvalue weighted by molar-refractivity contribution is 5.85. The number of carbonyl (C=O) groups is 1. The molecule has 0 spiro atoms. The monoisotopic (exact) mass is 450 g/mol. The first-order valence-corrected chi connectivity index (χ1v) is 11.2. The van der Waals surface area contributed by atoms with Gasteiger partial charge in [0.15, 0.2) is 0 Å². The first-order valence-electron chi connectivity index (χ1n) is 11.2. The van der Waals surface area contributed by atoms with Gasteiger partial charge in [-0.15, -0.1) is 0 Å². The van der Waals surface area contributed by atoms with Gasteiger partial charge in [-0.2, -0.15) is 18.3 Å². The second-order valence-corrected chi connectivity index (χ2v) is 8.83. The van der Waals surface area contributed by atoms with Crippen LogP contribution in [0.4, 0.5) is 13.2 Å². The predicted octanol–water partition coefficient (Wildman–Crippen LogP) is 3.88. The number of rotatable bonds is 6. The number of carboxylic acids is 1. The summed E-state index contributed by atoms with van der Waals surface area (Å²) in [7, 11) is 0. The van der Waals surface area contributed by atoms with Gasteiger partial charge in [0.25, 0.3) is 0 Å². The van der Waals surface area contributed by atoms with Crippen LogP contribution in [-0.4, -0.2) is 64.7 Å². The van der Waals surface area contributed by atoms with Crippen molar-refractivity contribution in [2.24, 2.45) is 5.92 Å². The molecule has 0 radical (unpaired) electrons. The van der Waals surface area contributed by atoms with E-state index in [2.05, 4.69) is 16.5 Å². The molecule has 2 fully saturated rings. The molecule has 2 saturated heterocycles. The van der Waals surface area contributed by atoms with Crippen molar-refractivity contribution >= 4 is 22.9 Å². The maximum atomic E-state index is 13.2. The third-order valence-electron chi connectivity index (χ3n) is 6.41. The maximum absolute atomic E-state index is 13.2. The van der Waals surface area contributed by atoms with Crippen molar-refractivity contribution in [3.8, 4) is 0 Å². The minimum atomic E-state index is -4.36. The third kappa shape index (κ3) is 5.69. The highest BCUT2D eigenvalue weighted by Gasteiger charge is 2.32. The summed E-state index contributed by atoms with van der Waals surface area (Å²) in [6.07, 6.45) is 3.30. The highest BCUT2D eigenvalue weighted by atomic mass is 19.4. The lowest BCUT2D eigenvalue weighted by molar-refractivity contribution is -0.142. The van der Waals surface area contributed by atoms with Crippen molar-refractivity contribution in [2.75, 3.05) is 32.7 Å². The van der Waals surface area contributed by atoms with Gasteiger partial charge >= 0.3 is 12.1 Å². The lowest BCUT2D eigenvalue weighted by atomic mass is 9.91. The van der Waals surface area contributed by atoms with Gasteiger partial charge in [-0.3, -0.25) is 14.4 Å². The van der Waals surface area contributed by atoms with E-state index in [9.17, 15) is 18.0 Å². The molecule has 0 saturated carbocycles. The minimum Gasteiger partial charge on any atom is -0.480 e. The van der Waals surface area contributed by atoms with Crippen LogP contribution < -0.4 is 5.32 Å². The van der Waals surface area contributed by atoms with E-state index in [1.165, 1.54) is 0 Å². The molecule has 4 rings (SSSR count). The van der Waals surface area contributed by atoms with Crippen LogP contribution >= 0.6 is 0 Å². The summed E-state index contributed by atoms with van der Waals surface area (Å²) in [6.45, 7) is 2.04. The number of allylic oxidation sites excluding steroid dienone is 1. The molecule has 174 valence electrons. The van der Waals surface area contributed by atoms with E-state index in [-0.39, 0.29) is 12.5 Å². The second-order valence-electron chi connectivity index (χ2n) is 8.83. The largest absolute Gasteiger partial charge is 0.480 e. The number of hydrogen-bond acceptors (Lipinski definition) is 4. The van der Waals surface area contributed by atoms with Gasteiger partial charge in [-0.1, -0.05) is 24.3 Å². The molecule has 2 aliphatic heterocycles. The van der Waals surface area contributed by atoms with E-state index < -0.39 is 18.7 Å². The molecular formula is C23H29F3N4O2. The van der Waals surface area contributed by atoms with Crippen LogP contribution in [0.15, 0.2) is 24.3 Å². The van der Waals surface area contributed by atoms with E-state index >= 15 is 0 Å². The maximum Gasteiger partial charge on any atom is 0.408 e. The molecule has 3 heterocycles. The van der Waals surface area contributed by atoms with E-state index in [4.69, 9.17) is 5.11 Å². The molecule has 0 atom stereocenters. The molecule has 2 aliphatic rings. The first-order chi connectivity index (χ1) is 15.3. The molecule has 6 nitrogen and oxygen atoms in total. The summed E-state index contributed by atoms with van der Waals surface area (Å²) >= 11 is 0. The van der Waals surface area contributed by atoms with Crippen molar-refractivity contribution in [1.82, 2.24) is 20.0 Å². The van der Waals surface area contributed by atoms with Crippen LogP contribution in [0.5, 0.6) is 0 Å². The van der Waals surface area contributed by atoms with Crippen LogP contribution in [-0.2, 0) is 11.3 Å². The number of fused-ring (bicyclic) bond motifs is 1. The average molecular weight is 451 g/mol. The van der Waals surface area contributed by atoms with Gasteiger partial charge in [0.2, 0.25) is 0 Å². The Balaban J connectivity index is 1.59. The van der Waals surface area contributed by atoms with Crippen molar-refractivity contribution in [1.29, 1.82) is 0 Å². The molecule has 2 aromatic rings. The van der Waals surface area contributed by atoms with Crippen LogP contribution in [0.3, 0.4) is 0 Å². The standard InChI is InChI=1S/C23H29F3N4O2/c24-23(25,26)15-30-20-13-17(2-1-16-5-9-27-10-6-16)3-4-19(20)22(28-30)18-7-11-29(12-8-18)14-21(31)32/h1-4,13,16,18,27H,5-12,14-15H2,(H,31,32)/b2-1+. The van der Waals surface area contributed by atoms with Gasteiger partial charge in [0, 0.05) is 11.3 Å². The summed E-state index contributed by atoms with van der Waals surface area (Å²) < 4.78 is 40.8. The van der Waals surface area contributed by atoms with Crippen LogP contribution in [0.2, 0.25) is 0 Å². The predicted molar refractivity (Wildman–Crippen MR) is 116 cm³/mol. The number of nitrogens with one attached hydrogen (secondary N) is 1. The van der Waals surface area contributed by atoms with Crippen molar-refractivity contribution in [3.05, 3.63) is 35.5 Å². The molecule has 0 aliphatic carbocycles. The topological polar surface area (TPSA) is 70.4 Å². The van der Waals surface area contributed by atoms with E-state index in [0.717, 1.165) is 41.6 Å². The SMILES string of the molecule is O=C(O)CN1CCC(c2nn(CC(F)(F)F)c3cc(/C=C/C4CCNCC4)ccc23)CC1. The summed E-state index contributed by atoms with van der Waals surface area (Å²) in [4.78, 5) is 12.8.